The van der Waals surface area contributed by atoms with E-state index in [9.17, 15) is 18.3 Å². The van der Waals surface area contributed by atoms with Gasteiger partial charge in [0.15, 0.2) is 0 Å². The fourth-order valence-corrected chi connectivity index (χ4v) is 5.43. The average molecular weight is 454 g/mol. The van der Waals surface area contributed by atoms with Crippen LogP contribution in [0.1, 0.15) is 49.0 Å². The number of sulfonamides is 1. The molecular weight excluding hydrogens is 426 g/mol. The van der Waals surface area contributed by atoms with E-state index in [0.717, 1.165) is 18.4 Å². The van der Waals surface area contributed by atoms with Gasteiger partial charge in [-0.15, -0.1) is 0 Å². The SMILES string of the molecule is CCC(Cc1cc(O)c(C(c2ccccc2)C2CC2)c(=O)o1)NS(=O)(=O)c1ccccc1. The molecule has 1 aromatic heterocycles. The summed E-state index contributed by atoms with van der Waals surface area (Å²) >= 11 is 0. The van der Waals surface area contributed by atoms with Gasteiger partial charge in [0.1, 0.15) is 11.5 Å². The molecule has 1 aliphatic carbocycles. The highest BCUT2D eigenvalue weighted by Crippen LogP contribution is 2.47. The smallest absolute Gasteiger partial charge is 0.343 e. The number of hydrogen-bond donors (Lipinski definition) is 2. The van der Waals surface area contributed by atoms with Crippen molar-refractivity contribution in [2.24, 2.45) is 5.92 Å². The van der Waals surface area contributed by atoms with Crippen LogP contribution in [0.3, 0.4) is 0 Å². The minimum atomic E-state index is -3.70. The fraction of sp³-hybridized carbons (Fsp3) is 0.320. The maximum absolute atomic E-state index is 12.9. The van der Waals surface area contributed by atoms with Gasteiger partial charge >= 0.3 is 5.63 Å². The van der Waals surface area contributed by atoms with Crippen molar-refractivity contribution in [3.05, 3.63) is 94.0 Å². The second-order valence-corrected chi connectivity index (χ2v) is 9.98. The molecule has 2 aromatic carbocycles. The Bertz CT molecular complexity index is 1220. The zero-order valence-corrected chi connectivity index (χ0v) is 18.7. The van der Waals surface area contributed by atoms with Crippen LogP contribution in [0.4, 0.5) is 0 Å². The van der Waals surface area contributed by atoms with Gasteiger partial charge in [-0.3, -0.25) is 0 Å². The predicted molar refractivity (Wildman–Crippen MR) is 122 cm³/mol. The highest BCUT2D eigenvalue weighted by atomic mass is 32.2. The van der Waals surface area contributed by atoms with Crippen molar-refractivity contribution in [1.82, 2.24) is 4.72 Å². The fourth-order valence-electron chi connectivity index (χ4n) is 4.09. The van der Waals surface area contributed by atoms with Crippen molar-refractivity contribution in [2.45, 2.75) is 49.5 Å². The third kappa shape index (κ3) is 4.95. The first-order chi connectivity index (χ1) is 15.4. The quantitative estimate of drug-likeness (QED) is 0.506. The molecule has 168 valence electrons. The molecule has 2 N–H and O–H groups in total. The van der Waals surface area contributed by atoms with Crippen LogP contribution in [0.2, 0.25) is 0 Å². The Morgan fingerprint density at radius 2 is 1.69 bits per heavy atom. The van der Waals surface area contributed by atoms with Crippen molar-refractivity contribution in [3.63, 3.8) is 0 Å². The molecule has 6 nitrogen and oxygen atoms in total. The van der Waals surface area contributed by atoms with Crippen molar-refractivity contribution < 1.29 is 17.9 Å². The molecule has 32 heavy (non-hydrogen) atoms. The number of aromatic hydroxyl groups is 1. The summed E-state index contributed by atoms with van der Waals surface area (Å²) in [7, 11) is -3.70. The lowest BCUT2D eigenvalue weighted by atomic mass is 9.87. The third-order valence-corrected chi connectivity index (χ3v) is 7.43. The van der Waals surface area contributed by atoms with E-state index in [1.807, 2.05) is 37.3 Å². The summed E-state index contributed by atoms with van der Waals surface area (Å²) in [5.74, 6) is 0.248. The summed E-state index contributed by atoms with van der Waals surface area (Å²) in [5, 5.41) is 10.8. The van der Waals surface area contributed by atoms with Crippen LogP contribution >= 0.6 is 0 Å². The molecule has 3 aromatic rings. The van der Waals surface area contributed by atoms with Crippen LogP contribution in [0, 0.1) is 5.92 Å². The van der Waals surface area contributed by atoms with Crippen LogP contribution in [0.15, 0.2) is 80.8 Å². The molecule has 1 fully saturated rings. The Balaban J connectivity index is 1.58. The van der Waals surface area contributed by atoms with Gasteiger partial charge in [0.2, 0.25) is 10.0 Å². The molecule has 0 bridgehead atoms. The summed E-state index contributed by atoms with van der Waals surface area (Å²) < 4.78 is 33.5. The molecule has 1 heterocycles. The zero-order chi connectivity index (χ0) is 22.7. The van der Waals surface area contributed by atoms with E-state index in [1.54, 1.807) is 18.2 Å². The van der Waals surface area contributed by atoms with Gasteiger partial charge in [0.05, 0.1) is 10.5 Å². The first-order valence-corrected chi connectivity index (χ1v) is 12.4. The number of rotatable bonds is 9. The molecule has 0 radical (unpaired) electrons. The van der Waals surface area contributed by atoms with Crippen LogP contribution in [-0.4, -0.2) is 19.6 Å². The van der Waals surface area contributed by atoms with Gasteiger partial charge in [-0.05, 0) is 42.9 Å². The van der Waals surface area contributed by atoms with E-state index in [-0.39, 0.29) is 34.3 Å². The lowest BCUT2D eigenvalue weighted by molar-refractivity contribution is 0.391. The molecule has 0 saturated heterocycles. The number of benzene rings is 2. The second-order valence-electron chi connectivity index (χ2n) is 8.27. The van der Waals surface area contributed by atoms with Gasteiger partial charge in [-0.1, -0.05) is 55.5 Å². The van der Waals surface area contributed by atoms with E-state index < -0.39 is 21.7 Å². The lowest BCUT2D eigenvalue weighted by Crippen LogP contribution is -2.36. The standard InChI is InChI=1S/C25H27NO5S/c1-2-19(26-32(29,30)21-11-7-4-8-12-21)15-20-16-22(27)24(25(28)31-20)23(18-13-14-18)17-9-5-3-6-10-17/h3-12,16,18-19,23,26-27H,2,13-15H2,1H3. The summed E-state index contributed by atoms with van der Waals surface area (Å²) in [5.41, 5.74) is 0.689. The maximum atomic E-state index is 12.9. The molecular formula is C25H27NO5S. The largest absolute Gasteiger partial charge is 0.507 e. The Morgan fingerprint density at radius 3 is 2.25 bits per heavy atom. The molecule has 2 atom stereocenters. The molecule has 0 amide bonds. The molecule has 4 rings (SSSR count). The van der Waals surface area contributed by atoms with Gasteiger partial charge in [-0.25, -0.2) is 17.9 Å². The maximum Gasteiger partial charge on any atom is 0.343 e. The Labute approximate surface area is 188 Å². The highest BCUT2D eigenvalue weighted by molar-refractivity contribution is 7.89. The van der Waals surface area contributed by atoms with E-state index >= 15 is 0 Å². The molecule has 0 spiro atoms. The molecule has 0 aliphatic heterocycles. The van der Waals surface area contributed by atoms with Crippen molar-refractivity contribution in [3.8, 4) is 5.75 Å². The van der Waals surface area contributed by atoms with Crippen molar-refractivity contribution >= 4 is 10.0 Å². The van der Waals surface area contributed by atoms with Gasteiger partial charge in [-0.2, -0.15) is 0 Å². The normalized spacial score (nSPS) is 15.9. The lowest BCUT2D eigenvalue weighted by Gasteiger charge is -2.19. The van der Waals surface area contributed by atoms with Crippen LogP contribution < -0.4 is 10.3 Å². The van der Waals surface area contributed by atoms with E-state index in [2.05, 4.69) is 4.72 Å². The van der Waals surface area contributed by atoms with Crippen molar-refractivity contribution in [1.29, 1.82) is 0 Å². The Hall–Kier alpha value is -2.90. The Morgan fingerprint density at radius 1 is 1.06 bits per heavy atom. The van der Waals surface area contributed by atoms with E-state index in [0.29, 0.717) is 12.3 Å². The van der Waals surface area contributed by atoms with E-state index in [1.165, 1.54) is 18.2 Å². The summed E-state index contributed by atoms with van der Waals surface area (Å²) in [4.78, 5) is 13.1. The number of nitrogens with one attached hydrogen (secondary N) is 1. The average Bonchev–Trinajstić information content (AvgIpc) is 3.62. The zero-order valence-electron chi connectivity index (χ0n) is 17.9. The van der Waals surface area contributed by atoms with Crippen LogP contribution in [0.25, 0.3) is 0 Å². The van der Waals surface area contributed by atoms with Gasteiger partial charge in [0.25, 0.3) is 0 Å². The molecule has 1 saturated carbocycles. The summed E-state index contributed by atoms with van der Waals surface area (Å²) in [6.45, 7) is 1.85. The predicted octanol–water partition coefficient (Wildman–Crippen LogP) is 4.19. The Kier molecular flexibility index (Phi) is 6.48. The van der Waals surface area contributed by atoms with E-state index in [4.69, 9.17) is 4.42 Å². The number of hydrogen-bond acceptors (Lipinski definition) is 5. The monoisotopic (exact) mass is 453 g/mol. The summed E-state index contributed by atoms with van der Waals surface area (Å²) in [6.07, 6.45) is 2.65. The summed E-state index contributed by atoms with van der Waals surface area (Å²) in [6, 6.07) is 18.8. The third-order valence-electron chi connectivity index (χ3n) is 5.90. The highest BCUT2D eigenvalue weighted by Gasteiger charge is 2.37. The first-order valence-electron chi connectivity index (χ1n) is 10.9. The van der Waals surface area contributed by atoms with Crippen LogP contribution in [-0.2, 0) is 16.4 Å². The van der Waals surface area contributed by atoms with Crippen LogP contribution in [0.5, 0.6) is 5.75 Å². The second kappa shape index (κ2) is 9.30. The minimum absolute atomic E-state index is 0.0993. The molecule has 2 unspecified atom stereocenters. The minimum Gasteiger partial charge on any atom is -0.507 e. The first kappa shape index (κ1) is 22.3. The topological polar surface area (TPSA) is 96.6 Å². The van der Waals surface area contributed by atoms with Crippen molar-refractivity contribution in [2.75, 3.05) is 0 Å². The van der Waals surface area contributed by atoms with Gasteiger partial charge < -0.3 is 9.52 Å². The van der Waals surface area contributed by atoms with Gasteiger partial charge in [0, 0.05) is 24.4 Å². The molecule has 1 aliphatic rings. The molecule has 7 heteroatoms.